The van der Waals surface area contributed by atoms with Gasteiger partial charge in [-0.2, -0.15) is 0 Å². The molecule has 0 atom stereocenters. The predicted octanol–water partition coefficient (Wildman–Crippen LogP) is 3.53. The number of nitrogens with zero attached hydrogens (tertiary/aromatic N) is 4. The summed E-state index contributed by atoms with van der Waals surface area (Å²) >= 11 is 0. The Kier molecular flexibility index (Phi) is 5.11. The van der Waals surface area contributed by atoms with Crippen molar-refractivity contribution in [1.29, 1.82) is 0 Å². The fraction of sp³-hybridized carbons (Fsp3) is 0. The van der Waals surface area contributed by atoms with Crippen LogP contribution in [0.15, 0.2) is 78.5 Å². The zero-order chi connectivity index (χ0) is 21.1. The van der Waals surface area contributed by atoms with Gasteiger partial charge in [0.25, 0.3) is 10.0 Å². The third-order valence-corrected chi connectivity index (χ3v) is 5.31. The lowest BCUT2D eigenvalue weighted by Gasteiger charge is -2.10. The predicted molar refractivity (Wildman–Crippen MR) is 103 cm³/mol. The second-order valence-corrected chi connectivity index (χ2v) is 7.67. The maximum absolute atomic E-state index is 13.3. The van der Waals surface area contributed by atoms with Crippen molar-refractivity contribution in [3.05, 3.63) is 85.2 Å². The number of ether oxygens (including phenoxy) is 1. The monoisotopic (exact) mass is 429 g/mol. The van der Waals surface area contributed by atoms with Gasteiger partial charge in [-0.3, -0.25) is 9.29 Å². The first kappa shape index (κ1) is 19.5. The van der Waals surface area contributed by atoms with Crippen LogP contribution in [0.4, 0.5) is 14.5 Å². The summed E-state index contributed by atoms with van der Waals surface area (Å²) in [6.07, 6.45) is 6.26. The van der Waals surface area contributed by atoms with Crippen LogP contribution in [0.3, 0.4) is 0 Å². The SMILES string of the molecule is O=S(=O)(Nc1ccc(Oc2cc(-n3ccnc3)ncn2)cc1)c1ccc(F)c(F)c1. The van der Waals surface area contributed by atoms with Crippen LogP contribution in [-0.2, 0) is 10.0 Å². The van der Waals surface area contributed by atoms with Crippen molar-refractivity contribution in [3.8, 4) is 17.4 Å². The molecule has 0 spiro atoms. The van der Waals surface area contributed by atoms with E-state index in [1.165, 1.54) is 30.6 Å². The van der Waals surface area contributed by atoms with Crippen molar-refractivity contribution in [2.75, 3.05) is 4.72 Å². The molecule has 0 aliphatic rings. The van der Waals surface area contributed by atoms with Crippen molar-refractivity contribution < 1.29 is 21.9 Å². The number of hydrogen-bond donors (Lipinski definition) is 1. The Bertz CT molecular complexity index is 1280. The highest BCUT2D eigenvalue weighted by molar-refractivity contribution is 7.92. The molecule has 0 bridgehead atoms. The van der Waals surface area contributed by atoms with E-state index in [4.69, 9.17) is 4.74 Å². The van der Waals surface area contributed by atoms with Crippen LogP contribution < -0.4 is 9.46 Å². The van der Waals surface area contributed by atoms with E-state index in [0.717, 1.165) is 12.1 Å². The molecule has 2 aromatic heterocycles. The van der Waals surface area contributed by atoms with Crippen LogP contribution in [-0.4, -0.2) is 27.9 Å². The molecule has 1 N–H and O–H groups in total. The number of nitrogens with one attached hydrogen (secondary N) is 1. The minimum absolute atomic E-state index is 0.217. The highest BCUT2D eigenvalue weighted by atomic mass is 32.2. The van der Waals surface area contributed by atoms with Gasteiger partial charge in [-0.15, -0.1) is 0 Å². The van der Waals surface area contributed by atoms with Gasteiger partial charge < -0.3 is 4.74 Å². The second kappa shape index (κ2) is 7.87. The maximum Gasteiger partial charge on any atom is 0.261 e. The molecule has 2 aromatic carbocycles. The summed E-state index contributed by atoms with van der Waals surface area (Å²) in [6.45, 7) is 0. The van der Waals surface area contributed by atoms with E-state index in [2.05, 4.69) is 19.7 Å². The largest absolute Gasteiger partial charge is 0.439 e. The second-order valence-electron chi connectivity index (χ2n) is 5.99. The smallest absolute Gasteiger partial charge is 0.261 e. The van der Waals surface area contributed by atoms with E-state index in [1.54, 1.807) is 29.4 Å². The van der Waals surface area contributed by atoms with Crippen LogP contribution in [0.5, 0.6) is 11.6 Å². The molecule has 2 heterocycles. The Morgan fingerprint density at radius 2 is 1.77 bits per heavy atom. The van der Waals surface area contributed by atoms with Gasteiger partial charge in [-0.25, -0.2) is 32.2 Å². The van der Waals surface area contributed by atoms with Crippen LogP contribution in [0.25, 0.3) is 5.82 Å². The highest BCUT2D eigenvalue weighted by Gasteiger charge is 2.16. The molecule has 0 unspecified atom stereocenters. The van der Waals surface area contributed by atoms with Crippen LogP contribution in [0.2, 0.25) is 0 Å². The van der Waals surface area contributed by atoms with Crippen LogP contribution >= 0.6 is 0 Å². The Labute approximate surface area is 169 Å². The molecule has 0 saturated heterocycles. The van der Waals surface area contributed by atoms with Gasteiger partial charge in [0.15, 0.2) is 11.6 Å². The lowest BCUT2D eigenvalue weighted by atomic mass is 10.3. The van der Waals surface area contributed by atoms with Gasteiger partial charge in [-0.05, 0) is 42.5 Å². The van der Waals surface area contributed by atoms with Gasteiger partial charge in [0.1, 0.15) is 24.2 Å². The summed E-state index contributed by atoms with van der Waals surface area (Å²) < 4.78 is 60.7. The molecule has 0 saturated carbocycles. The molecule has 30 heavy (non-hydrogen) atoms. The van der Waals surface area contributed by atoms with Gasteiger partial charge >= 0.3 is 0 Å². The molecule has 8 nitrogen and oxygen atoms in total. The molecule has 4 rings (SSSR count). The van der Waals surface area contributed by atoms with Crippen LogP contribution in [0.1, 0.15) is 0 Å². The molecule has 0 radical (unpaired) electrons. The molecule has 11 heteroatoms. The number of sulfonamides is 1. The molecule has 152 valence electrons. The molecule has 4 aromatic rings. The third kappa shape index (κ3) is 4.25. The Morgan fingerprint density at radius 3 is 2.47 bits per heavy atom. The first-order valence-corrected chi connectivity index (χ1v) is 9.95. The Balaban J connectivity index is 1.48. The summed E-state index contributed by atoms with van der Waals surface area (Å²) in [6, 6.07) is 9.94. The molecular weight excluding hydrogens is 416 g/mol. The number of benzene rings is 2. The standard InChI is InChI=1S/C19H13F2N5O3S/c20-16-6-5-15(9-17(16)21)30(27,28)25-13-1-3-14(4-2-13)29-19-10-18(23-11-24-19)26-8-7-22-12-26/h1-12,25H. The van der Waals surface area contributed by atoms with E-state index in [1.807, 2.05) is 0 Å². The quantitative estimate of drug-likeness (QED) is 0.503. The van der Waals surface area contributed by atoms with Crippen molar-refractivity contribution in [1.82, 2.24) is 19.5 Å². The topological polar surface area (TPSA) is 99.0 Å². The van der Waals surface area contributed by atoms with Gasteiger partial charge in [0, 0.05) is 24.1 Å². The zero-order valence-corrected chi connectivity index (χ0v) is 15.9. The van der Waals surface area contributed by atoms with E-state index in [9.17, 15) is 17.2 Å². The summed E-state index contributed by atoms with van der Waals surface area (Å²) in [5, 5.41) is 0. The van der Waals surface area contributed by atoms with Crippen molar-refractivity contribution in [3.63, 3.8) is 0 Å². The first-order chi connectivity index (χ1) is 14.4. The van der Waals surface area contributed by atoms with Crippen molar-refractivity contribution >= 4 is 15.7 Å². The molecular formula is C19H13F2N5O3S. The minimum Gasteiger partial charge on any atom is -0.439 e. The molecule has 0 fully saturated rings. The Morgan fingerprint density at radius 1 is 0.967 bits per heavy atom. The molecule has 0 amide bonds. The lowest BCUT2D eigenvalue weighted by molar-refractivity contribution is 0.461. The number of halogens is 2. The summed E-state index contributed by atoms with van der Waals surface area (Å²) in [7, 11) is -4.08. The first-order valence-electron chi connectivity index (χ1n) is 8.47. The number of hydrogen-bond acceptors (Lipinski definition) is 6. The number of imidazole rings is 1. The Hall–Kier alpha value is -3.86. The average molecular weight is 429 g/mol. The van der Waals surface area contributed by atoms with E-state index < -0.39 is 26.6 Å². The average Bonchev–Trinajstić information content (AvgIpc) is 3.26. The fourth-order valence-electron chi connectivity index (χ4n) is 2.49. The number of anilines is 1. The minimum atomic E-state index is -4.08. The van der Waals surface area contributed by atoms with E-state index >= 15 is 0 Å². The summed E-state index contributed by atoms with van der Waals surface area (Å²) in [4.78, 5) is 11.7. The van der Waals surface area contributed by atoms with Crippen LogP contribution in [0, 0.1) is 11.6 Å². The fourth-order valence-corrected chi connectivity index (χ4v) is 3.56. The van der Waals surface area contributed by atoms with Gasteiger partial charge in [-0.1, -0.05) is 0 Å². The number of rotatable bonds is 6. The van der Waals surface area contributed by atoms with Crippen molar-refractivity contribution in [2.24, 2.45) is 0 Å². The molecule has 0 aliphatic carbocycles. The summed E-state index contributed by atoms with van der Waals surface area (Å²) in [5.74, 6) is -1.13. The summed E-state index contributed by atoms with van der Waals surface area (Å²) in [5.41, 5.74) is 0.217. The normalized spacial score (nSPS) is 11.3. The number of aromatic nitrogens is 4. The molecule has 0 aliphatic heterocycles. The zero-order valence-electron chi connectivity index (χ0n) is 15.1. The third-order valence-electron chi connectivity index (χ3n) is 3.93. The van der Waals surface area contributed by atoms with E-state index in [0.29, 0.717) is 17.6 Å². The van der Waals surface area contributed by atoms with Gasteiger partial charge in [0.05, 0.1) is 4.90 Å². The lowest BCUT2D eigenvalue weighted by Crippen LogP contribution is -2.13. The maximum atomic E-state index is 13.3. The highest BCUT2D eigenvalue weighted by Crippen LogP contribution is 2.24. The van der Waals surface area contributed by atoms with Gasteiger partial charge in [0.2, 0.25) is 5.88 Å². The van der Waals surface area contributed by atoms with E-state index in [-0.39, 0.29) is 11.6 Å². The van der Waals surface area contributed by atoms with Crippen molar-refractivity contribution in [2.45, 2.75) is 4.90 Å².